The largest absolute Gasteiger partial charge is 0.868 e. The number of nitrogens with one attached hydrogen (secondary N) is 1. The van der Waals surface area contributed by atoms with E-state index in [9.17, 15) is 23.6 Å². The molecule has 23 heavy (non-hydrogen) atoms. The van der Waals surface area contributed by atoms with E-state index in [1.165, 1.54) is 18.2 Å². The number of benzene rings is 2. The van der Waals surface area contributed by atoms with Crippen LogP contribution in [0.2, 0.25) is 0 Å². The van der Waals surface area contributed by atoms with Crippen molar-refractivity contribution in [3.05, 3.63) is 63.7 Å². The second-order valence-electron chi connectivity index (χ2n) is 4.65. The Hall–Kier alpha value is -2.94. The third kappa shape index (κ3) is 4.04. The predicted molar refractivity (Wildman–Crippen MR) is 81.6 cm³/mol. The topological polar surface area (TPSA) is 125 Å². The molecule has 9 heteroatoms. The Morgan fingerprint density at radius 1 is 1.17 bits per heavy atom. The van der Waals surface area contributed by atoms with Gasteiger partial charge in [0.1, 0.15) is 0 Å². The lowest BCUT2D eigenvalue weighted by atomic mass is 10.2. The number of hydrazone groups is 1. The van der Waals surface area contributed by atoms with Gasteiger partial charge >= 0.3 is 0 Å². The minimum atomic E-state index is -3.83. The van der Waals surface area contributed by atoms with Gasteiger partial charge in [-0.1, -0.05) is 29.8 Å². The fraction of sp³-hybridized carbons (Fsp3) is 0.0714. The van der Waals surface area contributed by atoms with E-state index in [2.05, 4.69) is 5.10 Å². The summed E-state index contributed by atoms with van der Waals surface area (Å²) in [5.74, 6) is -0.729. The van der Waals surface area contributed by atoms with Crippen molar-refractivity contribution in [3.63, 3.8) is 0 Å². The maximum atomic E-state index is 12.0. The van der Waals surface area contributed by atoms with Crippen LogP contribution < -0.4 is 9.94 Å². The number of hydrogen-bond donors (Lipinski definition) is 1. The van der Waals surface area contributed by atoms with Gasteiger partial charge < -0.3 is 5.11 Å². The summed E-state index contributed by atoms with van der Waals surface area (Å²) in [4.78, 5) is 11.9. The van der Waals surface area contributed by atoms with Crippen molar-refractivity contribution in [2.45, 2.75) is 11.8 Å². The number of aryl methyl sites for hydroxylation is 1. The van der Waals surface area contributed by atoms with Gasteiger partial charge in [-0.2, -0.15) is 13.5 Å². The highest BCUT2D eigenvalue weighted by Crippen LogP contribution is 2.22. The van der Waals surface area contributed by atoms with E-state index in [1.807, 2.05) is 11.8 Å². The van der Waals surface area contributed by atoms with Crippen LogP contribution in [0.15, 0.2) is 52.5 Å². The molecule has 1 N–H and O–H groups in total. The van der Waals surface area contributed by atoms with Gasteiger partial charge in [-0.25, -0.2) is 4.83 Å². The van der Waals surface area contributed by atoms with E-state index in [4.69, 9.17) is 0 Å². The number of nitro benzene ring substituents is 1. The van der Waals surface area contributed by atoms with E-state index in [-0.39, 0.29) is 10.5 Å². The van der Waals surface area contributed by atoms with E-state index in [0.717, 1.165) is 23.9 Å². The highest BCUT2D eigenvalue weighted by atomic mass is 32.2. The summed E-state index contributed by atoms with van der Waals surface area (Å²) in [5, 5.41) is 25.5. The SMILES string of the molecule is Cc1ccc(S(=O)(=O)N/N=C\c2ccc([O-])c([N+](=O)[O-])c2)cc1. The van der Waals surface area contributed by atoms with Gasteiger partial charge in [0.2, 0.25) is 0 Å². The molecule has 0 aliphatic carbocycles. The molecule has 0 fully saturated rings. The van der Waals surface area contributed by atoms with Gasteiger partial charge in [-0.05, 0) is 24.8 Å². The van der Waals surface area contributed by atoms with Crippen LogP contribution in [-0.2, 0) is 10.0 Å². The standard InChI is InChI=1S/C14H13N3O5S/c1-10-2-5-12(6-3-10)23(21,22)16-15-9-11-4-7-14(18)13(8-11)17(19)20/h2-9,16,18H,1H3/p-1/b15-9-. The quantitative estimate of drug-likeness (QED) is 0.501. The molecule has 2 aromatic carbocycles. The molecule has 0 aliphatic rings. The number of nitrogens with zero attached hydrogens (tertiary/aromatic N) is 2. The van der Waals surface area contributed by atoms with Gasteiger partial charge in [0.05, 0.1) is 16.0 Å². The van der Waals surface area contributed by atoms with Gasteiger partial charge in [0.25, 0.3) is 15.7 Å². The lowest BCUT2D eigenvalue weighted by Crippen LogP contribution is -2.18. The van der Waals surface area contributed by atoms with E-state index < -0.39 is 26.4 Å². The molecule has 0 amide bonds. The zero-order chi connectivity index (χ0) is 17.0. The number of hydrogen-bond acceptors (Lipinski definition) is 6. The lowest BCUT2D eigenvalue weighted by molar-refractivity contribution is -0.398. The maximum absolute atomic E-state index is 12.0. The lowest BCUT2D eigenvalue weighted by Gasteiger charge is -2.06. The average Bonchev–Trinajstić information content (AvgIpc) is 2.49. The summed E-state index contributed by atoms with van der Waals surface area (Å²) >= 11 is 0. The van der Waals surface area contributed by atoms with E-state index >= 15 is 0 Å². The van der Waals surface area contributed by atoms with Crippen LogP contribution in [0, 0.1) is 17.0 Å². The molecule has 0 atom stereocenters. The Morgan fingerprint density at radius 2 is 1.83 bits per heavy atom. The first kappa shape index (κ1) is 16.4. The third-order valence-corrected chi connectivity index (χ3v) is 4.14. The third-order valence-electron chi connectivity index (χ3n) is 2.90. The Labute approximate surface area is 132 Å². The van der Waals surface area contributed by atoms with Crippen molar-refractivity contribution in [3.8, 4) is 5.75 Å². The second-order valence-corrected chi connectivity index (χ2v) is 6.31. The normalized spacial score (nSPS) is 11.5. The van der Waals surface area contributed by atoms with Gasteiger partial charge in [0.15, 0.2) is 0 Å². The van der Waals surface area contributed by atoms with Crippen molar-refractivity contribution >= 4 is 21.9 Å². The molecular weight excluding hydrogens is 322 g/mol. The van der Waals surface area contributed by atoms with Gasteiger partial charge in [-0.3, -0.25) is 10.1 Å². The first-order valence-corrected chi connectivity index (χ1v) is 7.85. The summed E-state index contributed by atoms with van der Waals surface area (Å²) in [6.45, 7) is 1.83. The molecule has 0 aromatic heterocycles. The molecule has 0 aliphatic heterocycles. The maximum Gasteiger partial charge on any atom is 0.276 e. The second kappa shape index (κ2) is 6.44. The zero-order valence-corrected chi connectivity index (χ0v) is 12.8. The molecule has 0 saturated carbocycles. The number of rotatable bonds is 5. The Morgan fingerprint density at radius 3 is 2.43 bits per heavy atom. The summed E-state index contributed by atoms with van der Waals surface area (Å²) in [5.41, 5.74) is 0.538. The van der Waals surface area contributed by atoms with Crippen LogP contribution in [0.25, 0.3) is 0 Å². The predicted octanol–water partition coefficient (Wildman–Crippen LogP) is 1.29. The Balaban J connectivity index is 2.17. The average molecular weight is 334 g/mol. The van der Waals surface area contributed by atoms with Crippen LogP contribution in [0.1, 0.15) is 11.1 Å². The molecule has 120 valence electrons. The van der Waals surface area contributed by atoms with Crippen molar-refractivity contribution in [2.75, 3.05) is 0 Å². The highest BCUT2D eigenvalue weighted by molar-refractivity contribution is 7.89. The molecule has 8 nitrogen and oxygen atoms in total. The summed E-state index contributed by atoms with van der Waals surface area (Å²) in [6.07, 6.45) is 1.08. The van der Waals surface area contributed by atoms with Crippen molar-refractivity contribution in [2.24, 2.45) is 5.10 Å². The van der Waals surface area contributed by atoms with Gasteiger partial charge in [0, 0.05) is 11.6 Å². The first-order chi connectivity index (χ1) is 10.8. The monoisotopic (exact) mass is 334 g/mol. The molecule has 0 unspecified atom stereocenters. The minimum Gasteiger partial charge on any atom is -0.868 e. The summed E-state index contributed by atoms with van der Waals surface area (Å²) < 4.78 is 24.0. The Bertz CT molecular complexity index is 860. The van der Waals surface area contributed by atoms with Crippen LogP contribution in [0.3, 0.4) is 0 Å². The molecule has 0 radical (unpaired) electrons. The smallest absolute Gasteiger partial charge is 0.276 e. The summed E-state index contributed by atoms with van der Waals surface area (Å²) in [6, 6.07) is 9.51. The Kier molecular flexibility index (Phi) is 4.60. The highest BCUT2D eigenvalue weighted by Gasteiger charge is 2.12. The molecule has 2 rings (SSSR count). The fourth-order valence-corrected chi connectivity index (χ4v) is 2.49. The molecular formula is C14H12N3O5S-. The molecule has 0 bridgehead atoms. The minimum absolute atomic E-state index is 0.0427. The molecule has 0 saturated heterocycles. The van der Waals surface area contributed by atoms with Crippen LogP contribution in [-0.4, -0.2) is 19.6 Å². The van der Waals surface area contributed by atoms with Crippen molar-refractivity contribution in [1.29, 1.82) is 0 Å². The molecule has 0 heterocycles. The number of nitro groups is 1. The van der Waals surface area contributed by atoms with Crippen LogP contribution >= 0.6 is 0 Å². The van der Waals surface area contributed by atoms with E-state index in [1.54, 1.807) is 12.1 Å². The van der Waals surface area contributed by atoms with Gasteiger partial charge in [-0.15, -0.1) is 0 Å². The van der Waals surface area contributed by atoms with Crippen LogP contribution in [0.4, 0.5) is 5.69 Å². The van der Waals surface area contributed by atoms with Crippen LogP contribution in [0.5, 0.6) is 5.75 Å². The summed E-state index contributed by atoms with van der Waals surface area (Å²) in [7, 11) is -3.83. The van der Waals surface area contributed by atoms with Crippen molar-refractivity contribution < 1.29 is 18.4 Å². The first-order valence-electron chi connectivity index (χ1n) is 6.36. The zero-order valence-electron chi connectivity index (χ0n) is 12.0. The molecule has 2 aromatic rings. The fourth-order valence-electron chi connectivity index (χ4n) is 1.70. The molecule has 0 spiro atoms. The number of sulfonamides is 1. The van der Waals surface area contributed by atoms with E-state index in [0.29, 0.717) is 0 Å². The van der Waals surface area contributed by atoms with Crippen molar-refractivity contribution in [1.82, 2.24) is 4.83 Å².